The van der Waals surface area contributed by atoms with Gasteiger partial charge in [-0.25, -0.2) is 9.13 Å². The number of nitrogens with one attached hydrogen (secondary N) is 1. The van der Waals surface area contributed by atoms with Crippen molar-refractivity contribution in [3.63, 3.8) is 0 Å². The highest BCUT2D eigenvalue weighted by atomic mass is 31.2. The van der Waals surface area contributed by atoms with E-state index in [0.717, 1.165) is 57.8 Å². The Labute approximate surface area is 529 Å². The minimum atomic E-state index is -5.51. The van der Waals surface area contributed by atoms with E-state index in [1.807, 2.05) is 0 Å². The summed E-state index contributed by atoms with van der Waals surface area (Å²) < 4.78 is 58.0. The first-order valence-corrected chi connectivity index (χ1v) is 37.2. The molecule has 3 aliphatic rings. The van der Waals surface area contributed by atoms with Crippen LogP contribution in [-0.4, -0.2) is 211 Å². The molecule has 0 aromatic rings. The summed E-state index contributed by atoms with van der Waals surface area (Å²) in [6.07, 6.45) is 3.85. The predicted octanol–water partition coefficient (Wildman–Crippen LogP) is 6.17. The van der Waals surface area contributed by atoms with Crippen LogP contribution >= 0.6 is 15.6 Å². The third kappa shape index (κ3) is 31.7. The maximum Gasteiger partial charge on any atom is 0.472 e. The molecule has 0 bridgehead atoms. The summed E-state index contributed by atoms with van der Waals surface area (Å²) in [7, 11) is -11.0. The Hall–Kier alpha value is -0.910. The number of amides is 1. The molecule has 0 aromatic carbocycles. The van der Waals surface area contributed by atoms with Gasteiger partial charge in [0.1, 0.15) is 97.7 Å². The average Bonchev–Trinajstić information content (AvgIpc) is 1.54. The third-order valence-electron chi connectivity index (χ3n) is 17.8. The highest BCUT2D eigenvalue weighted by molar-refractivity contribution is 7.47. The summed E-state index contributed by atoms with van der Waals surface area (Å²) in [6, 6.07) is -1.24. The van der Waals surface area contributed by atoms with Gasteiger partial charge in [-0.15, -0.1) is 0 Å². The lowest BCUT2D eigenvalue weighted by Gasteiger charge is -2.47. The van der Waals surface area contributed by atoms with Crippen LogP contribution in [0.15, 0.2) is 0 Å². The highest BCUT2D eigenvalue weighted by Gasteiger charge is 2.56. The quantitative estimate of drug-likeness (QED) is 0.0239. The van der Waals surface area contributed by atoms with Crippen molar-refractivity contribution < 1.29 is 118 Å². The normalized spacial score (nSPS) is 31.3. The van der Waals surface area contributed by atoms with Gasteiger partial charge in [0.15, 0.2) is 6.29 Å². The summed E-state index contributed by atoms with van der Waals surface area (Å²) in [4.78, 5) is 34.9. The number of carbonyl (C=O) groups excluding carboxylic acids is 1. The standard InChI is InChI=1S/C62H121NO24P2/c1-3-5-7-9-11-13-15-17-18-19-20-21-22-23-24-25-26-28-30-32-34-36-38-40-46(65)63-43(44(64)39-37-35-33-31-29-27-16-14-12-10-8-6-4-2)41-82-88(78,79)87-61-57(76)53(72)52(71)56(75)60(61)85-62-58(77)48(67)47(66)45(84-62)42-83-89(80,81)86-59-54(73)50(69)49(68)51(70)55(59)74/h43-45,47-62,64,66-77H,3-42H2,1-2H3,(H,63,65)(H,78,79)(H,80,81)/t43-,44+,45+,47+,48?,49?,50+,51?,52?,53?,54?,55?,56+,57?,58?,59?,60?,61-,62+/m0/s1. The minimum absolute atomic E-state index is 0.108. The summed E-state index contributed by atoms with van der Waals surface area (Å²) in [5.74, 6) is -0.435. The molecule has 2 saturated carbocycles. The first kappa shape index (κ1) is 82.3. The molecular weight excluding hydrogens is 1200 g/mol. The molecule has 25 nitrogen and oxygen atoms in total. The van der Waals surface area contributed by atoms with Crippen molar-refractivity contribution >= 4 is 21.6 Å². The lowest BCUT2D eigenvalue weighted by Crippen LogP contribution is -2.67. The van der Waals surface area contributed by atoms with E-state index in [-0.39, 0.29) is 12.8 Å². The van der Waals surface area contributed by atoms with Crippen LogP contribution in [0.3, 0.4) is 0 Å². The van der Waals surface area contributed by atoms with Crippen molar-refractivity contribution in [1.82, 2.24) is 5.32 Å². The summed E-state index contributed by atoms with van der Waals surface area (Å²) in [5, 5.41) is 141. The van der Waals surface area contributed by atoms with Crippen LogP contribution in [-0.2, 0) is 41.5 Å². The number of carbonyl (C=O) groups is 1. The van der Waals surface area contributed by atoms with Crippen LogP contribution < -0.4 is 5.32 Å². The molecule has 1 heterocycles. The van der Waals surface area contributed by atoms with Crippen LogP contribution in [0.2, 0.25) is 0 Å². The van der Waals surface area contributed by atoms with E-state index in [1.165, 1.54) is 161 Å². The molecular formula is C62H121NO24P2. The fraction of sp³-hybridized carbons (Fsp3) is 0.984. The maximum absolute atomic E-state index is 13.8. The highest BCUT2D eigenvalue weighted by Crippen LogP contribution is 2.49. The van der Waals surface area contributed by atoms with Gasteiger partial charge in [-0.2, -0.15) is 0 Å². The first-order chi connectivity index (χ1) is 42.5. The van der Waals surface area contributed by atoms with Crippen LogP contribution in [0, 0.1) is 0 Å². The van der Waals surface area contributed by atoms with Crippen LogP contribution in [0.1, 0.15) is 258 Å². The lowest BCUT2D eigenvalue weighted by molar-refractivity contribution is -0.337. The number of aliphatic hydroxyl groups excluding tert-OH is 13. The monoisotopic (exact) mass is 1330 g/mol. The van der Waals surface area contributed by atoms with Crippen molar-refractivity contribution in [3.05, 3.63) is 0 Å². The van der Waals surface area contributed by atoms with Gasteiger partial charge < -0.3 is 91.0 Å². The molecule has 528 valence electrons. The van der Waals surface area contributed by atoms with Crippen molar-refractivity contribution in [2.24, 2.45) is 0 Å². The molecule has 27 heteroatoms. The van der Waals surface area contributed by atoms with E-state index in [9.17, 15) is 90.1 Å². The van der Waals surface area contributed by atoms with E-state index in [4.69, 9.17) is 27.6 Å². The fourth-order valence-corrected chi connectivity index (χ4v) is 13.9. The number of ether oxygens (including phenoxy) is 2. The minimum Gasteiger partial charge on any atom is -0.391 e. The zero-order valence-electron chi connectivity index (χ0n) is 53.5. The second-order valence-corrected chi connectivity index (χ2v) is 28.3. The summed E-state index contributed by atoms with van der Waals surface area (Å²) >= 11 is 0. The fourth-order valence-electron chi connectivity index (χ4n) is 12.0. The lowest BCUT2D eigenvalue weighted by atomic mass is 9.84. The SMILES string of the molecule is CCCCCCCCCCCCCCCCCCCCCCCCCC(=O)N[C@@H](COP(=O)(O)O[C@H]1C(O)C(O)C(O)[C@@H](O)C1O[C@H]1O[C@H](COP(=O)(O)OC2C(O)C(O)C(O)[C@@H](O)C2O)[C@@H](O)C(O)C1O)[C@H](O)CCCCCCCCCCCCCCC. The van der Waals surface area contributed by atoms with Crippen molar-refractivity contribution in [3.8, 4) is 0 Å². The van der Waals surface area contributed by atoms with E-state index in [1.54, 1.807) is 0 Å². The third-order valence-corrected chi connectivity index (χ3v) is 19.8. The van der Waals surface area contributed by atoms with Crippen LogP contribution in [0.5, 0.6) is 0 Å². The molecule has 3 fully saturated rings. The van der Waals surface area contributed by atoms with Gasteiger partial charge in [0.2, 0.25) is 5.91 Å². The van der Waals surface area contributed by atoms with E-state index >= 15 is 0 Å². The molecule has 21 atom stereocenters. The largest absolute Gasteiger partial charge is 0.472 e. The molecule has 16 N–H and O–H groups in total. The Morgan fingerprint density at radius 1 is 0.404 bits per heavy atom. The molecule has 1 aliphatic heterocycles. The number of hydrogen-bond acceptors (Lipinski definition) is 22. The van der Waals surface area contributed by atoms with Gasteiger partial charge in [0, 0.05) is 6.42 Å². The number of phosphoric ester groups is 2. The molecule has 0 aromatic heterocycles. The van der Waals surface area contributed by atoms with Gasteiger partial charge >= 0.3 is 15.6 Å². The molecule has 0 spiro atoms. The Kier molecular flexibility index (Phi) is 42.8. The number of hydrogen-bond donors (Lipinski definition) is 16. The zero-order chi connectivity index (χ0) is 65.8. The average molecular weight is 1330 g/mol. The Balaban J connectivity index is 1.54. The molecule has 13 unspecified atom stereocenters. The second kappa shape index (κ2) is 46.3. The Morgan fingerprint density at radius 3 is 1.12 bits per heavy atom. The van der Waals surface area contributed by atoms with E-state index in [2.05, 4.69) is 19.2 Å². The predicted molar refractivity (Wildman–Crippen MR) is 332 cm³/mol. The van der Waals surface area contributed by atoms with Gasteiger partial charge in [-0.3, -0.25) is 22.9 Å². The van der Waals surface area contributed by atoms with Crippen LogP contribution in [0.25, 0.3) is 0 Å². The van der Waals surface area contributed by atoms with Gasteiger partial charge in [-0.1, -0.05) is 239 Å². The molecule has 3 rings (SSSR count). The molecule has 89 heavy (non-hydrogen) atoms. The Bertz CT molecular complexity index is 1890. The number of unbranched alkanes of at least 4 members (excludes halogenated alkanes) is 34. The first-order valence-electron chi connectivity index (χ1n) is 34.2. The van der Waals surface area contributed by atoms with Crippen LogP contribution in [0.4, 0.5) is 0 Å². The second-order valence-electron chi connectivity index (χ2n) is 25.5. The molecule has 1 saturated heterocycles. The topological polar surface area (TPSA) is 422 Å². The number of phosphoric acid groups is 2. The number of rotatable bonds is 52. The smallest absolute Gasteiger partial charge is 0.391 e. The molecule has 0 radical (unpaired) electrons. The molecule has 2 aliphatic carbocycles. The Morgan fingerprint density at radius 2 is 0.719 bits per heavy atom. The van der Waals surface area contributed by atoms with Crippen molar-refractivity contribution in [2.45, 2.75) is 374 Å². The zero-order valence-corrected chi connectivity index (χ0v) is 55.3. The van der Waals surface area contributed by atoms with Crippen molar-refractivity contribution in [2.75, 3.05) is 13.2 Å². The summed E-state index contributed by atoms with van der Waals surface area (Å²) in [6.45, 7) is 2.42. The number of aliphatic hydroxyl groups is 13. The van der Waals surface area contributed by atoms with Gasteiger partial charge in [-0.05, 0) is 12.8 Å². The maximum atomic E-state index is 13.8. The van der Waals surface area contributed by atoms with E-state index < -0.39 is 151 Å². The van der Waals surface area contributed by atoms with Gasteiger partial charge in [0.25, 0.3) is 0 Å². The molecule has 1 amide bonds. The van der Waals surface area contributed by atoms with Crippen molar-refractivity contribution in [1.29, 1.82) is 0 Å². The van der Waals surface area contributed by atoms with E-state index in [0.29, 0.717) is 12.8 Å². The summed E-state index contributed by atoms with van der Waals surface area (Å²) in [5.41, 5.74) is 0. The van der Waals surface area contributed by atoms with Gasteiger partial charge in [0.05, 0.1) is 25.4 Å².